The molecule has 0 bridgehead atoms. The minimum absolute atomic E-state index is 0.279. The summed E-state index contributed by atoms with van der Waals surface area (Å²) >= 11 is 1.55. The van der Waals surface area contributed by atoms with Gasteiger partial charge in [-0.15, -0.1) is 0 Å². The van der Waals surface area contributed by atoms with E-state index in [0.29, 0.717) is 0 Å². The Labute approximate surface area is 130 Å². The van der Waals surface area contributed by atoms with Gasteiger partial charge < -0.3 is 5.32 Å². The van der Waals surface area contributed by atoms with Crippen LogP contribution in [0.2, 0.25) is 0 Å². The normalized spacial score (nSPS) is 12.4. The number of hydrogen-bond donors (Lipinski definition) is 1. The second-order valence-electron chi connectivity index (χ2n) is 5.13. The average molecular weight is 302 g/mol. The number of aryl methyl sites for hydroxylation is 2. The van der Waals surface area contributed by atoms with Gasteiger partial charge in [0.05, 0.1) is 5.69 Å². The zero-order chi connectivity index (χ0) is 15.2. The molecule has 2 aromatic heterocycles. The number of aromatic nitrogens is 3. The van der Waals surface area contributed by atoms with E-state index in [-0.39, 0.29) is 6.04 Å². The van der Waals surface area contributed by atoms with E-state index in [1.54, 1.807) is 11.8 Å². The van der Waals surface area contributed by atoms with Crippen LogP contribution in [0.15, 0.2) is 34.4 Å². The van der Waals surface area contributed by atoms with Gasteiger partial charge in [0.1, 0.15) is 0 Å². The van der Waals surface area contributed by atoms with Crippen LogP contribution in [0, 0.1) is 13.8 Å². The van der Waals surface area contributed by atoms with E-state index in [4.69, 9.17) is 0 Å². The molecule has 0 aromatic carbocycles. The quantitative estimate of drug-likeness (QED) is 0.825. The first-order chi connectivity index (χ1) is 10.1. The van der Waals surface area contributed by atoms with E-state index in [9.17, 15) is 0 Å². The van der Waals surface area contributed by atoms with Crippen LogP contribution < -0.4 is 5.32 Å². The van der Waals surface area contributed by atoms with E-state index in [0.717, 1.165) is 40.1 Å². The zero-order valence-corrected chi connectivity index (χ0v) is 13.9. The van der Waals surface area contributed by atoms with Gasteiger partial charge in [-0.05, 0) is 63.7 Å². The molecule has 0 aliphatic carbocycles. The summed E-state index contributed by atoms with van der Waals surface area (Å²) in [4.78, 5) is 14.5. The van der Waals surface area contributed by atoms with Gasteiger partial charge in [-0.1, -0.05) is 6.92 Å². The number of nitrogens with zero attached hydrogens (tertiary/aromatic N) is 3. The summed E-state index contributed by atoms with van der Waals surface area (Å²) in [7, 11) is 0. The largest absolute Gasteiger partial charge is 0.309 e. The van der Waals surface area contributed by atoms with Crippen molar-refractivity contribution < 1.29 is 0 Å². The number of hydrogen-bond acceptors (Lipinski definition) is 5. The Morgan fingerprint density at radius 3 is 2.48 bits per heavy atom. The van der Waals surface area contributed by atoms with Crippen LogP contribution in [0.1, 0.15) is 43.4 Å². The molecule has 0 amide bonds. The molecule has 2 aromatic rings. The Balaban J connectivity index is 2.05. The maximum atomic E-state index is 4.53. The van der Waals surface area contributed by atoms with Crippen molar-refractivity contribution in [1.82, 2.24) is 20.3 Å². The van der Waals surface area contributed by atoms with Crippen molar-refractivity contribution in [3.63, 3.8) is 0 Å². The lowest BCUT2D eigenvalue weighted by molar-refractivity contribution is 0.558. The summed E-state index contributed by atoms with van der Waals surface area (Å²) in [6.07, 6.45) is 3.02. The molecular weight excluding hydrogens is 280 g/mol. The van der Waals surface area contributed by atoms with Gasteiger partial charge in [0.15, 0.2) is 5.16 Å². The van der Waals surface area contributed by atoms with E-state index in [1.807, 2.05) is 26.1 Å². The summed E-state index contributed by atoms with van der Waals surface area (Å²) < 4.78 is 0. The molecule has 4 nitrogen and oxygen atoms in total. The van der Waals surface area contributed by atoms with Crippen molar-refractivity contribution in [2.75, 3.05) is 6.54 Å². The number of pyridine rings is 1. The first-order valence-electron chi connectivity index (χ1n) is 7.28. The van der Waals surface area contributed by atoms with Gasteiger partial charge in [0, 0.05) is 28.5 Å². The molecule has 0 aliphatic heterocycles. The fraction of sp³-hybridized carbons (Fsp3) is 0.438. The van der Waals surface area contributed by atoms with E-state index >= 15 is 0 Å². The Morgan fingerprint density at radius 2 is 1.90 bits per heavy atom. The lowest BCUT2D eigenvalue weighted by Crippen LogP contribution is -2.20. The summed E-state index contributed by atoms with van der Waals surface area (Å²) in [6.45, 7) is 9.28. The van der Waals surface area contributed by atoms with Gasteiger partial charge in [-0.2, -0.15) is 0 Å². The summed E-state index contributed by atoms with van der Waals surface area (Å²) in [5.74, 6) is 0. The minimum atomic E-state index is 0.279. The molecule has 0 aliphatic rings. The maximum Gasteiger partial charge on any atom is 0.192 e. The van der Waals surface area contributed by atoms with Crippen LogP contribution in [-0.4, -0.2) is 21.5 Å². The van der Waals surface area contributed by atoms with Gasteiger partial charge in [-0.3, -0.25) is 4.98 Å². The highest BCUT2D eigenvalue weighted by Crippen LogP contribution is 2.25. The molecule has 1 atom stereocenters. The molecule has 0 fully saturated rings. The second-order valence-corrected chi connectivity index (χ2v) is 6.17. The molecule has 1 N–H and O–H groups in total. The summed E-state index contributed by atoms with van der Waals surface area (Å²) in [5, 5.41) is 4.22. The standard InChI is InChI=1S/C16H22N4S/c1-5-8-17-13(4)15-7-6-14(10-18-15)21-16-19-11(2)9-12(3)20-16/h6-7,9-10,13,17H,5,8H2,1-4H3. The molecule has 2 rings (SSSR count). The zero-order valence-electron chi connectivity index (χ0n) is 13.1. The third kappa shape index (κ3) is 4.79. The van der Waals surface area contributed by atoms with Crippen molar-refractivity contribution in [3.05, 3.63) is 41.5 Å². The molecule has 112 valence electrons. The number of nitrogens with one attached hydrogen (secondary N) is 1. The summed E-state index contributed by atoms with van der Waals surface area (Å²) in [5.41, 5.74) is 3.05. The molecule has 0 spiro atoms. The topological polar surface area (TPSA) is 50.7 Å². The van der Waals surface area contributed by atoms with Crippen molar-refractivity contribution in [3.8, 4) is 0 Å². The molecule has 0 saturated heterocycles. The SMILES string of the molecule is CCCNC(C)c1ccc(Sc2nc(C)cc(C)n2)cn1. The highest BCUT2D eigenvalue weighted by Gasteiger charge is 2.07. The first kappa shape index (κ1) is 15.9. The van der Waals surface area contributed by atoms with Gasteiger partial charge in [0.2, 0.25) is 0 Å². The van der Waals surface area contributed by atoms with Crippen LogP contribution in [0.5, 0.6) is 0 Å². The van der Waals surface area contributed by atoms with Crippen molar-refractivity contribution in [2.24, 2.45) is 0 Å². The van der Waals surface area contributed by atoms with Gasteiger partial charge >= 0.3 is 0 Å². The van der Waals surface area contributed by atoms with Crippen LogP contribution in [0.25, 0.3) is 0 Å². The Morgan fingerprint density at radius 1 is 1.19 bits per heavy atom. The van der Waals surface area contributed by atoms with E-state index < -0.39 is 0 Å². The highest BCUT2D eigenvalue weighted by atomic mass is 32.2. The molecule has 21 heavy (non-hydrogen) atoms. The molecule has 1 unspecified atom stereocenters. The third-order valence-electron chi connectivity index (χ3n) is 3.07. The maximum absolute atomic E-state index is 4.53. The van der Waals surface area contributed by atoms with Crippen LogP contribution in [0.3, 0.4) is 0 Å². The third-order valence-corrected chi connectivity index (χ3v) is 3.92. The number of rotatable bonds is 6. The molecular formula is C16H22N4S. The van der Waals surface area contributed by atoms with Crippen molar-refractivity contribution in [2.45, 2.75) is 50.2 Å². The Hall–Kier alpha value is -1.46. The Kier molecular flexibility index (Phi) is 5.70. The van der Waals surface area contributed by atoms with Crippen molar-refractivity contribution in [1.29, 1.82) is 0 Å². The fourth-order valence-electron chi connectivity index (χ4n) is 2.02. The molecule has 5 heteroatoms. The van der Waals surface area contributed by atoms with Crippen LogP contribution >= 0.6 is 11.8 Å². The second kappa shape index (κ2) is 7.52. The lowest BCUT2D eigenvalue weighted by atomic mass is 10.2. The predicted octanol–water partition coefficient (Wildman–Crippen LogP) is 3.70. The van der Waals surface area contributed by atoms with Crippen LogP contribution in [-0.2, 0) is 0 Å². The highest BCUT2D eigenvalue weighted by molar-refractivity contribution is 7.99. The molecule has 0 radical (unpaired) electrons. The predicted molar refractivity (Wildman–Crippen MR) is 86.6 cm³/mol. The summed E-state index contributed by atoms with van der Waals surface area (Å²) in [6, 6.07) is 6.41. The monoisotopic (exact) mass is 302 g/mol. The van der Waals surface area contributed by atoms with Crippen LogP contribution in [0.4, 0.5) is 0 Å². The molecule has 2 heterocycles. The smallest absolute Gasteiger partial charge is 0.192 e. The minimum Gasteiger partial charge on any atom is -0.309 e. The van der Waals surface area contributed by atoms with Gasteiger partial charge in [-0.25, -0.2) is 9.97 Å². The lowest BCUT2D eigenvalue weighted by Gasteiger charge is -2.12. The average Bonchev–Trinajstić information content (AvgIpc) is 2.44. The Bertz CT molecular complexity index is 563. The van der Waals surface area contributed by atoms with E-state index in [2.05, 4.69) is 46.2 Å². The molecule has 0 saturated carbocycles. The first-order valence-corrected chi connectivity index (χ1v) is 8.09. The van der Waals surface area contributed by atoms with Crippen molar-refractivity contribution >= 4 is 11.8 Å². The van der Waals surface area contributed by atoms with E-state index in [1.165, 1.54) is 0 Å². The van der Waals surface area contributed by atoms with Gasteiger partial charge in [0.25, 0.3) is 0 Å². The fourth-order valence-corrected chi connectivity index (χ4v) is 2.85.